The Morgan fingerprint density at radius 3 is 2.67 bits per heavy atom. The van der Waals surface area contributed by atoms with Crippen molar-refractivity contribution in [1.82, 2.24) is 24.4 Å². The molecular weight excluding hydrogens is 570 g/mol. The van der Waals surface area contributed by atoms with Gasteiger partial charge in [-0.3, -0.25) is 9.69 Å². The van der Waals surface area contributed by atoms with Crippen molar-refractivity contribution in [1.29, 1.82) is 5.26 Å². The molecule has 11 nitrogen and oxygen atoms in total. The van der Waals surface area contributed by atoms with E-state index in [0.29, 0.717) is 41.0 Å². The zero-order valence-corrected chi connectivity index (χ0v) is 25.1. The standard InChI is InChI=1S/C34H33N7O4/c1-43-26-5-2-22(3-6-26)32(42)39-20-33(21-39)18-38(19-33)30-7-4-23(13-36-30)28-10-27(15-41-31(28)24(12-35)14-37-41)44-9-8-40-16-29-34(40)11-25(34)17-45-29/h2-7,10,13-15,25,29H,8-9,11,16-21H2,1H3. The van der Waals surface area contributed by atoms with Crippen LogP contribution in [0.4, 0.5) is 5.82 Å². The summed E-state index contributed by atoms with van der Waals surface area (Å²) in [5.41, 5.74) is 4.11. The molecule has 1 saturated carbocycles. The Hall–Kier alpha value is -4.66. The predicted molar refractivity (Wildman–Crippen MR) is 164 cm³/mol. The summed E-state index contributed by atoms with van der Waals surface area (Å²) in [6, 6.07) is 15.6. The van der Waals surface area contributed by atoms with Gasteiger partial charge in [0, 0.05) is 73.5 Å². The fourth-order valence-corrected chi connectivity index (χ4v) is 8.10. The van der Waals surface area contributed by atoms with E-state index in [2.05, 4.69) is 21.0 Å². The highest BCUT2D eigenvalue weighted by Crippen LogP contribution is 2.62. The first kappa shape index (κ1) is 26.7. The van der Waals surface area contributed by atoms with Crippen molar-refractivity contribution < 1.29 is 19.0 Å². The topological polar surface area (TPSA) is 108 Å². The summed E-state index contributed by atoms with van der Waals surface area (Å²) in [7, 11) is 1.62. The molecule has 1 amide bonds. The van der Waals surface area contributed by atoms with E-state index in [0.717, 1.165) is 74.1 Å². The van der Waals surface area contributed by atoms with E-state index in [1.165, 1.54) is 6.42 Å². The van der Waals surface area contributed by atoms with Crippen LogP contribution >= 0.6 is 0 Å². The molecule has 1 aromatic carbocycles. The SMILES string of the molecule is COc1ccc(C(=O)N2CC3(C2)CN(c2ccc(-c4cc(OCCN5CC6OCC7CC765)cn5ncc(C#N)c45)cn2)C3)cc1. The molecule has 5 aliphatic rings. The lowest BCUT2D eigenvalue weighted by molar-refractivity contribution is -0.0809. The molecule has 5 fully saturated rings. The smallest absolute Gasteiger partial charge is 0.253 e. The van der Waals surface area contributed by atoms with Gasteiger partial charge in [-0.2, -0.15) is 10.4 Å². The normalized spacial score (nSPS) is 25.5. The molecule has 2 spiro atoms. The monoisotopic (exact) mass is 603 g/mol. The third kappa shape index (κ3) is 4.05. The lowest BCUT2D eigenvalue weighted by Crippen LogP contribution is -2.73. The zero-order valence-electron chi connectivity index (χ0n) is 25.1. The molecule has 0 N–H and O–H groups in total. The van der Waals surface area contributed by atoms with Crippen LogP contribution in [0.2, 0.25) is 0 Å². The molecule has 3 atom stereocenters. The Labute approximate surface area is 260 Å². The van der Waals surface area contributed by atoms with Crippen LogP contribution in [0.5, 0.6) is 11.5 Å². The van der Waals surface area contributed by atoms with Gasteiger partial charge in [-0.05, 0) is 48.9 Å². The number of carbonyl (C=O) groups is 1. The van der Waals surface area contributed by atoms with Crippen LogP contribution in [0.1, 0.15) is 22.3 Å². The number of hydrogen-bond donors (Lipinski definition) is 0. The Bertz CT molecular complexity index is 1850. The fourth-order valence-electron chi connectivity index (χ4n) is 8.10. The summed E-state index contributed by atoms with van der Waals surface area (Å²) in [5, 5.41) is 14.2. The Kier molecular flexibility index (Phi) is 5.74. The predicted octanol–water partition coefficient (Wildman–Crippen LogP) is 3.09. The first-order chi connectivity index (χ1) is 22.0. The summed E-state index contributed by atoms with van der Waals surface area (Å²) in [4.78, 5) is 24.4. The van der Waals surface area contributed by atoms with Gasteiger partial charge in [0.05, 0.1) is 48.8 Å². The number of pyridine rings is 2. The van der Waals surface area contributed by atoms with Gasteiger partial charge in [0.2, 0.25) is 0 Å². The van der Waals surface area contributed by atoms with E-state index >= 15 is 0 Å². The Morgan fingerprint density at radius 2 is 1.96 bits per heavy atom. The number of nitrogens with zero attached hydrogens (tertiary/aromatic N) is 7. The number of methoxy groups -OCH3 is 1. The third-order valence-electron chi connectivity index (χ3n) is 10.6. The molecule has 4 aromatic rings. The second-order valence-electron chi connectivity index (χ2n) is 13.2. The summed E-state index contributed by atoms with van der Waals surface area (Å²) in [5.74, 6) is 3.12. The molecule has 1 aliphatic carbocycles. The lowest BCUT2D eigenvalue weighted by atomic mass is 9.72. The molecule has 4 aliphatic heterocycles. The highest BCUT2D eigenvalue weighted by Gasteiger charge is 2.73. The van der Waals surface area contributed by atoms with Crippen LogP contribution < -0.4 is 14.4 Å². The van der Waals surface area contributed by atoms with Gasteiger partial charge in [-0.1, -0.05) is 0 Å². The van der Waals surface area contributed by atoms with Crippen molar-refractivity contribution in [2.24, 2.45) is 11.3 Å². The lowest BCUT2D eigenvalue weighted by Gasteiger charge is -2.60. The first-order valence-corrected chi connectivity index (χ1v) is 15.5. The number of rotatable bonds is 8. The van der Waals surface area contributed by atoms with Crippen LogP contribution in [0, 0.1) is 22.7 Å². The van der Waals surface area contributed by atoms with Gasteiger partial charge in [0.1, 0.15) is 30.0 Å². The van der Waals surface area contributed by atoms with Crippen LogP contribution in [-0.4, -0.2) is 102 Å². The molecule has 0 radical (unpaired) electrons. The van der Waals surface area contributed by atoms with Crippen molar-refractivity contribution in [2.45, 2.75) is 18.1 Å². The van der Waals surface area contributed by atoms with Gasteiger partial charge in [-0.15, -0.1) is 0 Å². The van der Waals surface area contributed by atoms with Crippen LogP contribution in [0.3, 0.4) is 0 Å². The highest BCUT2D eigenvalue weighted by molar-refractivity contribution is 5.95. The summed E-state index contributed by atoms with van der Waals surface area (Å²) < 4.78 is 19.0. The quantitative estimate of drug-likeness (QED) is 0.300. The summed E-state index contributed by atoms with van der Waals surface area (Å²) in [6.45, 7) is 6.58. The number of amides is 1. The molecule has 11 heteroatoms. The number of carbonyl (C=O) groups excluding carboxylic acids is 1. The number of anilines is 1. The van der Waals surface area contributed by atoms with E-state index in [1.807, 2.05) is 59.8 Å². The molecule has 4 saturated heterocycles. The molecule has 45 heavy (non-hydrogen) atoms. The Morgan fingerprint density at radius 1 is 1.11 bits per heavy atom. The minimum Gasteiger partial charge on any atom is -0.497 e. The van der Waals surface area contributed by atoms with Gasteiger partial charge < -0.3 is 24.0 Å². The van der Waals surface area contributed by atoms with E-state index in [9.17, 15) is 10.1 Å². The zero-order chi connectivity index (χ0) is 30.3. The second-order valence-corrected chi connectivity index (χ2v) is 13.2. The maximum absolute atomic E-state index is 12.9. The fraction of sp³-hybridized carbons (Fsp3) is 0.412. The van der Waals surface area contributed by atoms with Crippen molar-refractivity contribution in [3.8, 4) is 28.7 Å². The maximum Gasteiger partial charge on any atom is 0.253 e. The number of hydrogen-bond acceptors (Lipinski definition) is 9. The minimum atomic E-state index is 0.0622. The van der Waals surface area contributed by atoms with Gasteiger partial charge in [0.25, 0.3) is 5.91 Å². The highest BCUT2D eigenvalue weighted by atomic mass is 16.5. The Balaban J connectivity index is 0.860. The van der Waals surface area contributed by atoms with Crippen molar-refractivity contribution in [3.63, 3.8) is 0 Å². The van der Waals surface area contributed by atoms with Crippen molar-refractivity contribution in [3.05, 3.63) is 72.2 Å². The molecule has 7 heterocycles. The first-order valence-electron chi connectivity index (χ1n) is 15.5. The number of ether oxygens (including phenoxy) is 3. The number of likely N-dealkylation sites (tertiary alicyclic amines) is 2. The largest absolute Gasteiger partial charge is 0.497 e. The minimum absolute atomic E-state index is 0.0622. The molecular formula is C34H33N7O4. The van der Waals surface area contributed by atoms with Crippen molar-refractivity contribution in [2.75, 3.05) is 64.5 Å². The van der Waals surface area contributed by atoms with Gasteiger partial charge >= 0.3 is 0 Å². The summed E-state index contributed by atoms with van der Waals surface area (Å²) in [6.07, 6.45) is 6.97. The maximum atomic E-state index is 12.9. The average molecular weight is 604 g/mol. The van der Waals surface area contributed by atoms with Gasteiger partial charge in [0.15, 0.2) is 0 Å². The molecule has 228 valence electrons. The molecule has 9 rings (SSSR count). The van der Waals surface area contributed by atoms with Gasteiger partial charge in [-0.25, -0.2) is 9.50 Å². The molecule has 0 bridgehead atoms. The van der Waals surface area contributed by atoms with Crippen LogP contribution in [0.25, 0.3) is 16.6 Å². The van der Waals surface area contributed by atoms with E-state index in [4.69, 9.17) is 19.2 Å². The molecule has 3 aromatic heterocycles. The average Bonchev–Trinajstić information content (AvgIpc) is 3.56. The molecule has 3 unspecified atom stereocenters. The van der Waals surface area contributed by atoms with Crippen LogP contribution in [-0.2, 0) is 4.74 Å². The van der Waals surface area contributed by atoms with Crippen LogP contribution in [0.15, 0.2) is 61.1 Å². The van der Waals surface area contributed by atoms with E-state index < -0.39 is 0 Å². The third-order valence-corrected chi connectivity index (χ3v) is 10.6. The van der Waals surface area contributed by atoms with Crippen molar-refractivity contribution >= 4 is 17.2 Å². The number of benzene rings is 1. The number of nitriles is 1. The van der Waals surface area contributed by atoms with E-state index in [1.54, 1.807) is 17.8 Å². The number of aromatic nitrogens is 3. The number of fused-ring (bicyclic) bond motifs is 1. The summed E-state index contributed by atoms with van der Waals surface area (Å²) >= 11 is 0. The van der Waals surface area contributed by atoms with E-state index in [-0.39, 0.29) is 11.3 Å². The second kappa shape index (κ2) is 9.67.